The second-order valence-corrected chi connectivity index (χ2v) is 2.75. The molecule has 0 aromatic heterocycles. The molecule has 0 saturated heterocycles. The van der Waals surface area contributed by atoms with E-state index in [1.807, 2.05) is 0 Å². The summed E-state index contributed by atoms with van der Waals surface area (Å²) in [6, 6.07) is 6.19. The summed E-state index contributed by atoms with van der Waals surface area (Å²) in [7, 11) is 0. The monoisotopic (exact) mass is 193 g/mol. The van der Waals surface area contributed by atoms with E-state index in [4.69, 9.17) is 10.9 Å². The molecule has 2 amide bonds. The van der Waals surface area contributed by atoms with Gasteiger partial charge in [-0.15, -0.1) is 0 Å². The molecule has 0 aliphatic rings. The van der Waals surface area contributed by atoms with Crippen molar-refractivity contribution >= 4 is 17.4 Å². The average Bonchev–Trinajstić information content (AvgIpc) is 2.17. The third kappa shape index (κ3) is 2.48. The van der Waals surface area contributed by atoms with Gasteiger partial charge in [0.25, 0.3) is 0 Å². The lowest BCUT2D eigenvalue weighted by molar-refractivity contribution is 0.259. The molecule has 0 aliphatic heterocycles. The van der Waals surface area contributed by atoms with Crippen molar-refractivity contribution in [3.8, 4) is 0 Å². The molecule has 0 bridgehead atoms. The van der Waals surface area contributed by atoms with Gasteiger partial charge in [-0.2, -0.15) is 0 Å². The van der Waals surface area contributed by atoms with Crippen LogP contribution in [0.3, 0.4) is 0 Å². The number of amides is 2. The summed E-state index contributed by atoms with van der Waals surface area (Å²) < 4.78 is 0. The maximum atomic E-state index is 10.5. The molecule has 1 aromatic rings. The molecule has 0 heterocycles. The lowest BCUT2D eigenvalue weighted by Crippen LogP contribution is -2.19. The van der Waals surface area contributed by atoms with Crippen LogP contribution in [0, 0.1) is 0 Å². The van der Waals surface area contributed by atoms with E-state index < -0.39 is 6.03 Å². The number of hydrogen-bond acceptors (Lipinski definition) is 3. The number of oxime groups is 1. The van der Waals surface area contributed by atoms with Crippen LogP contribution >= 0.6 is 0 Å². The quantitative estimate of drug-likeness (QED) is 0.376. The second kappa shape index (κ2) is 4.27. The van der Waals surface area contributed by atoms with E-state index in [-0.39, 0.29) is 0 Å². The Kier molecular flexibility index (Phi) is 3.06. The second-order valence-electron chi connectivity index (χ2n) is 2.75. The first-order valence-corrected chi connectivity index (χ1v) is 3.99. The molecular formula is C9H11N3O2. The number of nitrogens with one attached hydrogen (secondary N) is 1. The lowest BCUT2D eigenvalue weighted by Gasteiger charge is -2.02. The number of urea groups is 1. The SMILES string of the molecule is CC(=NO)c1ccc(NC(N)=O)cc1. The highest BCUT2D eigenvalue weighted by atomic mass is 16.4. The summed E-state index contributed by atoms with van der Waals surface area (Å²) >= 11 is 0. The molecule has 0 radical (unpaired) electrons. The molecule has 5 heteroatoms. The zero-order chi connectivity index (χ0) is 10.6. The number of rotatable bonds is 2. The van der Waals surface area contributed by atoms with Crippen molar-refractivity contribution in [2.24, 2.45) is 10.9 Å². The summed E-state index contributed by atoms with van der Waals surface area (Å²) in [5.74, 6) is 0. The van der Waals surface area contributed by atoms with Gasteiger partial charge in [-0.3, -0.25) is 0 Å². The van der Waals surface area contributed by atoms with Gasteiger partial charge >= 0.3 is 6.03 Å². The van der Waals surface area contributed by atoms with Gasteiger partial charge in [-0.1, -0.05) is 17.3 Å². The third-order valence-corrected chi connectivity index (χ3v) is 1.72. The Balaban J connectivity index is 2.83. The standard InChI is InChI=1S/C9H11N3O2/c1-6(12-14)7-2-4-8(5-3-7)11-9(10)13/h2-5,14H,1H3,(H3,10,11,13). The van der Waals surface area contributed by atoms with Crippen molar-refractivity contribution in [1.82, 2.24) is 0 Å². The smallest absolute Gasteiger partial charge is 0.316 e. The Morgan fingerprint density at radius 2 is 2.00 bits per heavy atom. The number of nitrogens with two attached hydrogens (primary N) is 1. The summed E-state index contributed by atoms with van der Waals surface area (Å²) in [6.07, 6.45) is 0. The van der Waals surface area contributed by atoms with Crippen molar-refractivity contribution in [2.45, 2.75) is 6.92 Å². The zero-order valence-electron chi connectivity index (χ0n) is 7.69. The number of benzene rings is 1. The fraction of sp³-hybridized carbons (Fsp3) is 0.111. The molecule has 0 atom stereocenters. The molecular weight excluding hydrogens is 182 g/mol. The Morgan fingerprint density at radius 1 is 1.43 bits per heavy atom. The van der Waals surface area contributed by atoms with Crippen molar-refractivity contribution in [3.05, 3.63) is 29.8 Å². The molecule has 4 N–H and O–H groups in total. The first-order chi connectivity index (χ1) is 6.63. The highest BCUT2D eigenvalue weighted by molar-refractivity contribution is 5.98. The minimum absolute atomic E-state index is 0.510. The van der Waals surface area contributed by atoms with E-state index in [0.717, 1.165) is 5.56 Å². The van der Waals surface area contributed by atoms with E-state index in [1.165, 1.54) is 0 Å². The maximum absolute atomic E-state index is 10.5. The molecule has 0 unspecified atom stereocenters. The Morgan fingerprint density at radius 3 is 2.43 bits per heavy atom. The number of anilines is 1. The van der Waals surface area contributed by atoms with Crippen molar-refractivity contribution < 1.29 is 10.0 Å². The number of hydrogen-bond donors (Lipinski definition) is 3. The number of nitrogens with zero attached hydrogens (tertiary/aromatic N) is 1. The van der Waals surface area contributed by atoms with E-state index in [0.29, 0.717) is 11.4 Å². The number of carbonyl (C=O) groups is 1. The minimum atomic E-state index is -0.606. The summed E-state index contributed by atoms with van der Waals surface area (Å²) in [4.78, 5) is 10.5. The first-order valence-electron chi connectivity index (χ1n) is 3.99. The number of carbonyl (C=O) groups excluding carboxylic acids is 1. The predicted molar refractivity (Wildman–Crippen MR) is 53.6 cm³/mol. The van der Waals surface area contributed by atoms with Crippen LogP contribution in [0.15, 0.2) is 29.4 Å². The van der Waals surface area contributed by atoms with Gasteiger partial charge in [0.15, 0.2) is 0 Å². The van der Waals surface area contributed by atoms with Crippen LogP contribution in [0.25, 0.3) is 0 Å². The minimum Gasteiger partial charge on any atom is -0.411 e. The molecule has 0 fully saturated rings. The van der Waals surface area contributed by atoms with Gasteiger partial charge in [0.1, 0.15) is 0 Å². The molecule has 14 heavy (non-hydrogen) atoms. The summed E-state index contributed by atoms with van der Waals surface area (Å²) in [5.41, 5.74) is 6.83. The van der Waals surface area contributed by atoms with Crippen LogP contribution in [0.1, 0.15) is 12.5 Å². The van der Waals surface area contributed by atoms with Gasteiger partial charge in [-0.25, -0.2) is 4.79 Å². The molecule has 1 aromatic carbocycles. The van der Waals surface area contributed by atoms with Gasteiger partial charge in [0.2, 0.25) is 0 Å². The summed E-state index contributed by atoms with van der Waals surface area (Å²) in [5, 5.41) is 14.0. The Labute approximate surface area is 81.2 Å². The highest BCUT2D eigenvalue weighted by Crippen LogP contribution is 2.09. The average molecular weight is 193 g/mol. The van der Waals surface area contributed by atoms with Crippen LogP contribution < -0.4 is 11.1 Å². The molecule has 0 spiro atoms. The fourth-order valence-electron chi connectivity index (χ4n) is 0.995. The molecule has 74 valence electrons. The van der Waals surface area contributed by atoms with Crippen molar-refractivity contribution in [1.29, 1.82) is 0 Å². The first kappa shape index (κ1) is 10.0. The highest BCUT2D eigenvalue weighted by Gasteiger charge is 1.99. The van der Waals surface area contributed by atoms with E-state index in [2.05, 4.69) is 10.5 Å². The molecule has 0 saturated carbocycles. The van der Waals surface area contributed by atoms with Crippen LogP contribution in [0.2, 0.25) is 0 Å². The topological polar surface area (TPSA) is 87.7 Å². The van der Waals surface area contributed by atoms with Crippen LogP contribution in [0.4, 0.5) is 10.5 Å². The Hall–Kier alpha value is -2.04. The van der Waals surface area contributed by atoms with E-state index >= 15 is 0 Å². The van der Waals surface area contributed by atoms with E-state index in [9.17, 15) is 4.79 Å². The van der Waals surface area contributed by atoms with Gasteiger partial charge in [0.05, 0.1) is 5.71 Å². The van der Waals surface area contributed by atoms with Crippen molar-refractivity contribution in [2.75, 3.05) is 5.32 Å². The normalized spacial score (nSPS) is 11.1. The molecule has 5 nitrogen and oxygen atoms in total. The number of primary amides is 1. The van der Waals surface area contributed by atoms with E-state index in [1.54, 1.807) is 31.2 Å². The fourth-order valence-corrected chi connectivity index (χ4v) is 0.995. The summed E-state index contributed by atoms with van der Waals surface area (Å²) in [6.45, 7) is 1.68. The van der Waals surface area contributed by atoms with Crippen molar-refractivity contribution in [3.63, 3.8) is 0 Å². The third-order valence-electron chi connectivity index (χ3n) is 1.72. The van der Waals surface area contributed by atoms with Gasteiger partial charge in [0, 0.05) is 5.69 Å². The Bertz CT molecular complexity index is 357. The van der Waals surface area contributed by atoms with Gasteiger partial charge < -0.3 is 16.3 Å². The molecule has 1 rings (SSSR count). The van der Waals surface area contributed by atoms with Crippen LogP contribution in [-0.4, -0.2) is 17.0 Å². The lowest BCUT2D eigenvalue weighted by atomic mass is 10.1. The van der Waals surface area contributed by atoms with Crippen LogP contribution in [-0.2, 0) is 0 Å². The maximum Gasteiger partial charge on any atom is 0.316 e. The van der Waals surface area contributed by atoms with Crippen LogP contribution in [0.5, 0.6) is 0 Å². The zero-order valence-corrected chi connectivity index (χ0v) is 7.69. The predicted octanol–water partition coefficient (Wildman–Crippen LogP) is 1.38. The largest absolute Gasteiger partial charge is 0.411 e. The molecule has 0 aliphatic carbocycles. The van der Waals surface area contributed by atoms with Gasteiger partial charge in [-0.05, 0) is 24.6 Å².